The van der Waals surface area contributed by atoms with Crippen molar-refractivity contribution in [1.82, 2.24) is 9.21 Å². The van der Waals surface area contributed by atoms with Gasteiger partial charge in [0.15, 0.2) is 0 Å². The zero-order chi connectivity index (χ0) is 19.8. The molecule has 3 heterocycles. The standard InChI is InChI=1S/C18H26N2O6S/c1-12-3-4-13(2)20(11-12)17(21)14-7-9-19(10-8-14)27(24,25)16-6-5-15(26-16)18(22)23/h5-6,12-14H,3-4,7-11H2,1-2H3,(H,22,23). The predicted molar refractivity (Wildman–Crippen MR) is 96.7 cm³/mol. The van der Waals surface area contributed by atoms with Gasteiger partial charge in [-0.05, 0) is 50.7 Å². The smallest absolute Gasteiger partial charge is 0.371 e. The number of rotatable bonds is 4. The summed E-state index contributed by atoms with van der Waals surface area (Å²) in [5.41, 5.74) is 0. The van der Waals surface area contributed by atoms with Gasteiger partial charge in [0.2, 0.25) is 16.8 Å². The Morgan fingerprint density at radius 1 is 1.11 bits per heavy atom. The van der Waals surface area contributed by atoms with E-state index >= 15 is 0 Å². The SMILES string of the molecule is CC1CCC(C)N(C(=O)C2CCN(S(=O)(=O)c3ccc(C(=O)O)o3)CC2)C1. The van der Waals surface area contributed by atoms with Crippen molar-refractivity contribution in [2.24, 2.45) is 11.8 Å². The molecule has 0 bridgehead atoms. The maximum Gasteiger partial charge on any atom is 0.371 e. The second-order valence-corrected chi connectivity index (χ2v) is 9.49. The summed E-state index contributed by atoms with van der Waals surface area (Å²) in [4.78, 5) is 25.7. The van der Waals surface area contributed by atoms with Crippen LogP contribution >= 0.6 is 0 Å². The van der Waals surface area contributed by atoms with Crippen molar-refractivity contribution in [2.75, 3.05) is 19.6 Å². The number of likely N-dealkylation sites (tertiary alicyclic amines) is 1. The molecule has 1 aromatic heterocycles. The van der Waals surface area contributed by atoms with E-state index in [0.717, 1.165) is 31.5 Å². The summed E-state index contributed by atoms with van der Waals surface area (Å²) in [6.07, 6.45) is 3.05. The largest absolute Gasteiger partial charge is 0.475 e. The third-order valence-electron chi connectivity index (χ3n) is 5.59. The van der Waals surface area contributed by atoms with Crippen molar-refractivity contribution in [3.63, 3.8) is 0 Å². The second kappa shape index (κ2) is 7.63. The van der Waals surface area contributed by atoms with E-state index in [1.165, 1.54) is 4.31 Å². The molecule has 9 heteroatoms. The van der Waals surface area contributed by atoms with Crippen LogP contribution in [0.3, 0.4) is 0 Å². The first-order valence-electron chi connectivity index (χ1n) is 9.34. The highest BCUT2D eigenvalue weighted by Gasteiger charge is 2.37. The number of furan rings is 1. The highest BCUT2D eigenvalue weighted by Crippen LogP contribution is 2.29. The van der Waals surface area contributed by atoms with Crippen molar-refractivity contribution in [3.05, 3.63) is 17.9 Å². The van der Waals surface area contributed by atoms with Crippen LogP contribution in [0, 0.1) is 11.8 Å². The molecule has 2 aliphatic heterocycles. The van der Waals surface area contributed by atoms with Gasteiger partial charge in [0.05, 0.1) is 0 Å². The van der Waals surface area contributed by atoms with Crippen LogP contribution in [0.15, 0.2) is 21.6 Å². The molecule has 1 amide bonds. The lowest BCUT2D eigenvalue weighted by Crippen LogP contribution is -2.50. The maximum atomic E-state index is 12.9. The molecule has 0 saturated carbocycles. The quantitative estimate of drug-likeness (QED) is 0.831. The fourth-order valence-electron chi connectivity index (χ4n) is 3.87. The highest BCUT2D eigenvalue weighted by atomic mass is 32.2. The third kappa shape index (κ3) is 4.03. The molecule has 3 rings (SSSR count). The minimum absolute atomic E-state index is 0.122. The lowest BCUT2D eigenvalue weighted by molar-refractivity contribution is -0.141. The molecule has 8 nitrogen and oxygen atoms in total. The number of carboxylic acids is 1. The Bertz CT molecular complexity index is 810. The molecule has 0 spiro atoms. The molecule has 27 heavy (non-hydrogen) atoms. The van der Waals surface area contributed by atoms with Crippen LogP contribution < -0.4 is 0 Å². The van der Waals surface area contributed by atoms with Crippen LogP contribution in [-0.4, -0.2) is 60.3 Å². The number of sulfonamides is 1. The Morgan fingerprint density at radius 2 is 1.78 bits per heavy atom. The van der Waals surface area contributed by atoms with E-state index in [4.69, 9.17) is 9.52 Å². The van der Waals surface area contributed by atoms with Crippen LogP contribution in [0.2, 0.25) is 0 Å². The van der Waals surface area contributed by atoms with Gasteiger partial charge in [-0.2, -0.15) is 4.31 Å². The van der Waals surface area contributed by atoms with Crippen molar-refractivity contribution in [1.29, 1.82) is 0 Å². The first-order valence-corrected chi connectivity index (χ1v) is 10.8. The van der Waals surface area contributed by atoms with E-state index < -0.39 is 21.8 Å². The van der Waals surface area contributed by atoms with Gasteiger partial charge in [0, 0.05) is 31.6 Å². The number of piperidine rings is 2. The predicted octanol–water partition coefficient (Wildman–Crippen LogP) is 2.03. The van der Waals surface area contributed by atoms with E-state index in [1.54, 1.807) is 0 Å². The van der Waals surface area contributed by atoms with E-state index in [9.17, 15) is 18.0 Å². The summed E-state index contributed by atoms with van der Waals surface area (Å²) in [5.74, 6) is -1.28. The minimum atomic E-state index is -3.89. The maximum absolute atomic E-state index is 12.9. The normalized spacial score (nSPS) is 25.5. The van der Waals surface area contributed by atoms with Crippen LogP contribution in [0.1, 0.15) is 50.1 Å². The van der Waals surface area contributed by atoms with Gasteiger partial charge in [-0.25, -0.2) is 13.2 Å². The topological polar surface area (TPSA) is 108 Å². The lowest BCUT2D eigenvalue weighted by Gasteiger charge is -2.40. The van der Waals surface area contributed by atoms with E-state index in [1.807, 2.05) is 4.90 Å². The van der Waals surface area contributed by atoms with Gasteiger partial charge in [-0.1, -0.05) is 6.92 Å². The van der Waals surface area contributed by atoms with E-state index in [0.29, 0.717) is 18.8 Å². The number of amides is 1. The molecule has 2 unspecified atom stereocenters. The fourth-order valence-corrected chi connectivity index (χ4v) is 5.26. The molecule has 0 aliphatic carbocycles. The van der Waals surface area contributed by atoms with E-state index in [2.05, 4.69) is 13.8 Å². The summed E-state index contributed by atoms with van der Waals surface area (Å²) in [5, 5.41) is 8.52. The Morgan fingerprint density at radius 3 is 2.37 bits per heavy atom. The Hall–Kier alpha value is -1.87. The number of carbonyl (C=O) groups is 2. The van der Waals surface area contributed by atoms with Gasteiger partial charge >= 0.3 is 5.97 Å². The van der Waals surface area contributed by atoms with Crippen LogP contribution in [0.4, 0.5) is 0 Å². The number of nitrogens with zero attached hydrogens (tertiary/aromatic N) is 2. The van der Waals surface area contributed by atoms with Gasteiger partial charge in [0.25, 0.3) is 10.0 Å². The summed E-state index contributed by atoms with van der Waals surface area (Å²) < 4.78 is 31.5. The zero-order valence-electron chi connectivity index (χ0n) is 15.6. The number of aromatic carboxylic acids is 1. The molecular weight excluding hydrogens is 372 g/mol. The van der Waals surface area contributed by atoms with Gasteiger partial charge in [-0.3, -0.25) is 4.79 Å². The van der Waals surface area contributed by atoms with Crippen molar-refractivity contribution >= 4 is 21.9 Å². The number of carbonyl (C=O) groups excluding carboxylic acids is 1. The molecule has 2 saturated heterocycles. The molecular formula is C18H26N2O6S. The molecule has 1 aromatic rings. The number of hydrogen-bond donors (Lipinski definition) is 1. The third-order valence-corrected chi connectivity index (χ3v) is 7.36. The molecule has 0 radical (unpaired) electrons. The second-order valence-electron chi connectivity index (χ2n) is 7.62. The fraction of sp³-hybridized carbons (Fsp3) is 0.667. The molecule has 2 aliphatic rings. The van der Waals surface area contributed by atoms with Gasteiger partial charge < -0.3 is 14.4 Å². The van der Waals surface area contributed by atoms with Crippen molar-refractivity contribution in [2.45, 2.75) is 50.7 Å². The first-order chi connectivity index (χ1) is 12.7. The summed E-state index contributed by atoms with van der Waals surface area (Å²) in [7, 11) is -3.89. The highest BCUT2D eigenvalue weighted by molar-refractivity contribution is 7.89. The van der Waals surface area contributed by atoms with Crippen LogP contribution in [0.5, 0.6) is 0 Å². The Kier molecular flexibility index (Phi) is 5.62. The number of carboxylic acid groups (broad SMARTS) is 1. The Balaban J connectivity index is 1.64. The lowest BCUT2D eigenvalue weighted by atomic mass is 9.91. The zero-order valence-corrected chi connectivity index (χ0v) is 16.4. The molecule has 1 N–H and O–H groups in total. The molecule has 150 valence electrons. The number of hydrogen-bond acceptors (Lipinski definition) is 5. The average Bonchev–Trinajstić information content (AvgIpc) is 3.14. The van der Waals surface area contributed by atoms with Gasteiger partial charge in [-0.15, -0.1) is 0 Å². The molecule has 0 aromatic carbocycles. The van der Waals surface area contributed by atoms with Crippen molar-refractivity contribution < 1.29 is 27.5 Å². The summed E-state index contributed by atoms with van der Waals surface area (Å²) in [6.45, 7) is 5.43. The summed E-state index contributed by atoms with van der Waals surface area (Å²) >= 11 is 0. The van der Waals surface area contributed by atoms with Gasteiger partial charge in [0.1, 0.15) is 0 Å². The van der Waals surface area contributed by atoms with Crippen molar-refractivity contribution in [3.8, 4) is 0 Å². The monoisotopic (exact) mass is 398 g/mol. The first kappa shape index (κ1) is 19.9. The molecule has 2 fully saturated rings. The van der Waals surface area contributed by atoms with E-state index in [-0.39, 0.29) is 36.0 Å². The molecule has 2 atom stereocenters. The average molecular weight is 398 g/mol. The summed E-state index contributed by atoms with van der Waals surface area (Å²) in [6, 6.07) is 2.52. The van der Waals surface area contributed by atoms with Crippen LogP contribution in [0.25, 0.3) is 0 Å². The van der Waals surface area contributed by atoms with Crippen LogP contribution in [-0.2, 0) is 14.8 Å². The Labute approximate surface area is 159 Å². The minimum Gasteiger partial charge on any atom is -0.475 e.